The van der Waals surface area contributed by atoms with E-state index in [1.54, 1.807) is 26.4 Å². The summed E-state index contributed by atoms with van der Waals surface area (Å²) in [5.74, 6) is 1.36. The maximum atomic E-state index is 9.12. The second-order valence-electron chi connectivity index (χ2n) is 4.39. The molecule has 4 N–H and O–H groups in total. The van der Waals surface area contributed by atoms with Crippen LogP contribution in [0, 0.1) is 5.92 Å². The molecule has 0 aliphatic carbocycles. The second-order valence-corrected chi connectivity index (χ2v) is 4.39. The van der Waals surface area contributed by atoms with Crippen LogP contribution in [0.4, 0.5) is 11.4 Å². The lowest BCUT2D eigenvalue weighted by Gasteiger charge is -2.22. The smallest absolute Gasteiger partial charge is 0.162 e. The van der Waals surface area contributed by atoms with Crippen LogP contribution in [-0.2, 0) is 0 Å². The molecule has 0 saturated carbocycles. The zero-order valence-corrected chi connectivity index (χ0v) is 11.4. The van der Waals surface area contributed by atoms with Crippen LogP contribution in [0.25, 0.3) is 0 Å². The average Bonchev–Trinajstić information content (AvgIpc) is 2.39. The molecule has 18 heavy (non-hydrogen) atoms. The Morgan fingerprint density at radius 1 is 1.22 bits per heavy atom. The van der Waals surface area contributed by atoms with Crippen molar-refractivity contribution in [2.24, 2.45) is 5.92 Å². The molecule has 1 aromatic carbocycles. The Morgan fingerprint density at radius 2 is 1.78 bits per heavy atom. The van der Waals surface area contributed by atoms with Gasteiger partial charge in [-0.2, -0.15) is 0 Å². The lowest BCUT2D eigenvalue weighted by Crippen LogP contribution is -2.26. The standard InChI is InChI=1S/C13H22N2O3/c1-8(7-16)9(2)15-11-6-13(18-4)12(17-3)5-10(11)14/h5-6,8-9,15-16H,7,14H2,1-4H3. The van der Waals surface area contributed by atoms with E-state index < -0.39 is 0 Å². The van der Waals surface area contributed by atoms with Crippen LogP contribution in [0.1, 0.15) is 13.8 Å². The number of methoxy groups -OCH3 is 2. The van der Waals surface area contributed by atoms with Crippen LogP contribution in [0.15, 0.2) is 12.1 Å². The minimum absolute atomic E-state index is 0.107. The molecule has 0 fully saturated rings. The first-order valence-electron chi connectivity index (χ1n) is 5.92. The Hall–Kier alpha value is -1.62. The van der Waals surface area contributed by atoms with Gasteiger partial charge in [0.15, 0.2) is 11.5 Å². The number of aliphatic hydroxyl groups excluding tert-OH is 1. The van der Waals surface area contributed by atoms with Gasteiger partial charge in [-0.25, -0.2) is 0 Å². The largest absolute Gasteiger partial charge is 0.493 e. The SMILES string of the molecule is COc1cc(N)c(NC(C)C(C)CO)cc1OC. The highest BCUT2D eigenvalue weighted by molar-refractivity contribution is 5.72. The zero-order valence-electron chi connectivity index (χ0n) is 11.4. The number of ether oxygens (including phenoxy) is 2. The molecule has 2 atom stereocenters. The summed E-state index contributed by atoms with van der Waals surface area (Å²) in [5.41, 5.74) is 7.32. The third-order valence-corrected chi connectivity index (χ3v) is 3.08. The molecule has 102 valence electrons. The van der Waals surface area contributed by atoms with Crippen molar-refractivity contribution in [3.05, 3.63) is 12.1 Å². The summed E-state index contributed by atoms with van der Waals surface area (Å²) < 4.78 is 10.4. The van der Waals surface area contributed by atoms with Gasteiger partial charge >= 0.3 is 0 Å². The number of nitrogen functional groups attached to an aromatic ring is 1. The van der Waals surface area contributed by atoms with E-state index in [4.69, 9.17) is 20.3 Å². The normalized spacial score (nSPS) is 13.8. The van der Waals surface area contributed by atoms with Gasteiger partial charge in [0, 0.05) is 24.8 Å². The topological polar surface area (TPSA) is 76.7 Å². The first-order valence-corrected chi connectivity index (χ1v) is 5.92. The maximum absolute atomic E-state index is 9.12. The van der Waals surface area contributed by atoms with Gasteiger partial charge in [-0.1, -0.05) is 6.92 Å². The van der Waals surface area contributed by atoms with Crippen LogP contribution in [0.2, 0.25) is 0 Å². The van der Waals surface area contributed by atoms with Crippen molar-refractivity contribution in [1.29, 1.82) is 0 Å². The van der Waals surface area contributed by atoms with Gasteiger partial charge < -0.3 is 25.6 Å². The predicted octanol–water partition coefficient (Wildman–Crippen LogP) is 1.71. The lowest BCUT2D eigenvalue weighted by atomic mass is 10.0. The van der Waals surface area contributed by atoms with E-state index in [0.29, 0.717) is 17.2 Å². The molecular weight excluding hydrogens is 232 g/mol. The Kier molecular flexibility index (Phi) is 5.09. The summed E-state index contributed by atoms with van der Waals surface area (Å²) >= 11 is 0. The maximum Gasteiger partial charge on any atom is 0.162 e. The molecule has 1 aromatic rings. The number of hydrogen-bond donors (Lipinski definition) is 3. The van der Waals surface area contributed by atoms with E-state index in [2.05, 4.69) is 5.32 Å². The summed E-state index contributed by atoms with van der Waals surface area (Å²) in [5, 5.41) is 12.4. The predicted molar refractivity (Wildman–Crippen MR) is 73.3 cm³/mol. The van der Waals surface area contributed by atoms with Crippen molar-refractivity contribution in [2.45, 2.75) is 19.9 Å². The monoisotopic (exact) mass is 254 g/mol. The van der Waals surface area contributed by atoms with Crippen LogP contribution in [-0.4, -0.2) is 32.0 Å². The Balaban J connectivity index is 2.95. The van der Waals surface area contributed by atoms with Crippen molar-refractivity contribution in [3.8, 4) is 11.5 Å². The Morgan fingerprint density at radius 3 is 2.28 bits per heavy atom. The fourth-order valence-corrected chi connectivity index (χ4v) is 1.57. The number of benzene rings is 1. The number of rotatable bonds is 6. The van der Waals surface area contributed by atoms with Crippen molar-refractivity contribution in [1.82, 2.24) is 0 Å². The molecule has 0 spiro atoms. The van der Waals surface area contributed by atoms with Crippen molar-refractivity contribution < 1.29 is 14.6 Å². The summed E-state index contributed by atoms with van der Waals surface area (Å²) in [7, 11) is 3.15. The van der Waals surface area contributed by atoms with Crippen LogP contribution < -0.4 is 20.5 Å². The van der Waals surface area contributed by atoms with E-state index >= 15 is 0 Å². The highest BCUT2D eigenvalue weighted by Gasteiger charge is 2.14. The minimum atomic E-state index is 0.107. The highest BCUT2D eigenvalue weighted by atomic mass is 16.5. The molecule has 0 bridgehead atoms. The molecule has 0 radical (unpaired) electrons. The van der Waals surface area contributed by atoms with Gasteiger partial charge in [0.25, 0.3) is 0 Å². The van der Waals surface area contributed by atoms with Crippen LogP contribution >= 0.6 is 0 Å². The van der Waals surface area contributed by atoms with Crippen LogP contribution in [0.5, 0.6) is 11.5 Å². The number of nitrogens with two attached hydrogens (primary N) is 1. The Bertz CT molecular complexity index is 396. The van der Waals surface area contributed by atoms with Gasteiger partial charge in [-0.05, 0) is 12.8 Å². The third-order valence-electron chi connectivity index (χ3n) is 3.08. The quantitative estimate of drug-likeness (QED) is 0.674. The lowest BCUT2D eigenvalue weighted by molar-refractivity contribution is 0.226. The highest BCUT2D eigenvalue weighted by Crippen LogP contribution is 2.35. The van der Waals surface area contributed by atoms with E-state index in [0.717, 1.165) is 5.69 Å². The molecular formula is C13H22N2O3. The summed E-state index contributed by atoms with van der Waals surface area (Å²) in [6, 6.07) is 3.63. The fourth-order valence-electron chi connectivity index (χ4n) is 1.57. The zero-order chi connectivity index (χ0) is 13.7. The molecule has 2 unspecified atom stereocenters. The fraction of sp³-hybridized carbons (Fsp3) is 0.538. The van der Waals surface area contributed by atoms with Crippen molar-refractivity contribution >= 4 is 11.4 Å². The number of anilines is 2. The minimum Gasteiger partial charge on any atom is -0.493 e. The van der Waals surface area contributed by atoms with E-state index in [1.165, 1.54) is 0 Å². The molecule has 0 aromatic heterocycles. The average molecular weight is 254 g/mol. The first-order chi connectivity index (χ1) is 8.53. The van der Waals surface area contributed by atoms with Gasteiger partial charge in [0.2, 0.25) is 0 Å². The van der Waals surface area contributed by atoms with E-state index in [9.17, 15) is 0 Å². The molecule has 0 amide bonds. The Labute approximate surface area is 108 Å². The van der Waals surface area contributed by atoms with E-state index in [-0.39, 0.29) is 18.6 Å². The van der Waals surface area contributed by atoms with Crippen molar-refractivity contribution in [3.63, 3.8) is 0 Å². The molecule has 0 aliphatic heterocycles. The number of aliphatic hydroxyl groups is 1. The molecule has 1 rings (SSSR count). The third kappa shape index (κ3) is 3.20. The summed E-state index contributed by atoms with van der Waals surface area (Å²) in [6.45, 7) is 4.09. The first kappa shape index (κ1) is 14.4. The van der Waals surface area contributed by atoms with Crippen LogP contribution in [0.3, 0.4) is 0 Å². The van der Waals surface area contributed by atoms with Gasteiger partial charge in [0.1, 0.15) is 0 Å². The number of hydrogen-bond acceptors (Lipinski definition) is 5. The molecule has 5 nitrogen and oxygen atoms in total. The molecule has 0 aliphatic rings. The molecule has 0 saturated heterocycles. The van der Waals surface area contributed by atoms with Gasteiger partial charge in [-0.15, -0.1) is 0 Å². The van der Waals surface area contributed by atoms with Gasteiger partial charge in [0.05, 0.1) is 25.6 Å². The van der Waals surface area contributed by atoms with Crippen molar-refractivity contribution in [2.75, 3.05) is 31.9 Å². The molecule has 5 heteroatoms. The summed E-state index contributed by atoms with van der Waals surface area (Å²) in [6.07, 6.45) is 0. The summed E-state index contributed by atoms with van der Waals surface area (Å²) in [4.78, 5) is 0. The number of nitrogens with one attached hydrogen (secondary N) is 1. The van der Waals surface area contributed by atoms with Gasteiger partial charge in [-0.3, -0.25) is 0 Å². The molecule has 0 heterocycles. The second kappa shape index (κ2) is 6.35. The van der Waals surface area contributed by atoms with E-state index in [1.807, 2.05) is 13.8 Å².